The molecule has 0 spiro atoms. The number of carboxylic acids is 1. The quantitative estimate of drug-likeness (QED) is 0.838. The first-order valence-corrected chi connectivity index (χ1v) is 7.60. The van der Waals surface area contributed by atoms with E-state index >= 15 is 0 Å². The van der Waals surface area contributed by atoms with E-state index in [-0.39, 0.29) is 22.7 Å². The van der Waals surface area contributed by atoms with Crippen molar-refractivity contribution >= 4 is 17.8 Å². The lowest BCUT2D eigenvalue weighted by Crippen LogP contribution is -2.40. The maximum Gasteiger partial charge on any atom is 0.430 e. The molecule has 0 radical (unpaired) electrons. The van der Waals surface area contributed by atoms with Crippen molar-refractivity contribution in [2.24, 2.45) is 0 Å². The molecule has 1 heterocycles. The summed E-state index contributed by atoms with van der Waals surface area (Å²) < 4.78 is 43.9. The number of rotatable bonds is 3. The van der Waals surface area contributed by atoms with Crippen molar-refractivity contribution in [1.82, 2.24) is 0 Å². The molecule has 0 aromatic heterocycles. The fraction of sp³-hybridized carbons (Fsp3) is 0.158. The molecular weight excluding hydrogens is 349 g/mol. The van der Waals surface area contributed by atoms with Gasteiger partial charge < -0.3 is 9.84 Å². The number of ether oxygens (including phenoxy) is 1. The summed E-state index contributed by atoms with van der Waals surface area (Å²) in [5.74, 6) is -2.18. The molecule has 1 aliphatic heterocycles. The summed E-state index contributed by atoms with van der Waals surface area (Å²) in [7, 11) is 0. The van der Waals surface area contributed by atoms with E-state index in [1.165, 1.54) is 18.2 Å². The lowest BCUT2D eigenvalue weighted by atomic mass is 9.96. The maximum absolute atomic E-state index is 13.0. The molecule has 1 atom stereocenters. The van der Waals surface area contributed by atoms with Gasteiger partial charge in [-0.15, -0.1) is 0 Å². The van der Waals surface area contributed by atoms with Crippen molar-refractivity contribution in [3.63, 3.8) is 0 Å². The molecule has 2 aromatic rings. The lowest BCUT2D eigenvalue weighted by Gasteiger charge is -2.27. The Morgan fingerprint density at radius 2 is 1.65 bits per heavy atom. The smallest absolute Gasteiger partial charge is 0.430 e. The minimum Gasteiger partial charge on any atom is -0.478 e. The van der Waals surface area contributed by atoms with Crippen LogP contribution in [0.25, 0.3) is 6.08 Å². The zero-order valence-electron chi connectivity index (χ0n) is 13.5. The highest BCUT2D eigenvalue weighted by atomic mass is 19.4. The highest BCUT2D eigenvalue weighted by Crippen LogP contribution is 2.37. The van der Waals surface area contributed by atoms with E-state index in [0.29, 0.717) is 5.56 Å². The average molecular weight is 362 g/mol. The normalized spacial score (nSPS) is 16.3. The van der Waals surface area contributed by atoms with Crippen LogP contribution in [0.3, 0.4) is 0 Å². The predicted molar refractivity (Wildman–Crippen MR) is 87.1 cm³/mol. The first kappa shape index (κ1) is 17.7. The molecule has 0 bridgehead atoms. The monoisotopic (exact) mass is 362 g/mol. The molecular formula is C19H13F3O4. The van der Waals surface area contributed by atoms with Gasteiger partial charge in [0, 0.05) is 16.7 Å². The van der Waals surface area contributed by atoms with E-state index in [1.807, 2.05) is 6.92 Å². The van der Waals surface area contributed by atoms with Gasteiger partial charge in [0.15, 0.2) is 5.78 Å². The number of aliphatic carboxylic acids is 1. The van der Waals surface area contributed by atoms with Crippen molar-refractivity contribution in [2.45, 2.75) is 19.2 Å². The van der Waals surface area contributed by atoms with Gasteiger partial charge in [0.2, 0.25) is 6.10 Å². The molecule has 4 nitrogen and oxygen atoms in total. The Morgan fingerprint density at radius 1 is 1.04 bits per heavy atom. The molecule has 0 amide bonds. The topological polar surface area (TPSA) is 63.6 Å². The molecule has 0 saturated carbocycles. The largest absolute Gasteiger partial charge is 0.478 e. The van der Waals surface area contributed by atoms with Crippen LogP contribution in [0, 0.1) is 6.92 Å². The lowest BCUT2D eigenvalue weighted by molar-refractivity contribution is -0.187. The molecule has 7 heteroatoms. The zero-order valence-corrected chi connectivity index (χ0v) is 13.5. The van der Waals surface area contributed by atoms with Crippen molar-refractivity contribution < 1.29 is 32.6 Å². The number of halogens is 3. The van der Waals surface area contributed by atoms with Gasteiger partial charge in [-0.05, 0) is 31.2 Å². The first-order valence-electron chi connectivity index (χ1n) is 7.60. The van der Waals surface area contributed by atoms with Crippen molar-refractivity contribution in [3.05, 3.63) is 70.3 Å². The van der Waals surface area contributed by atoms with Crippen LogP contribution in [0.2, 0.25) is 0 Å². The second-order valence-electron chi connectivity index (χ2n) is 5.89. The average Bonchev–Trinajstić information content (AvgIpc) is 2.59. The SMILES string of the molecule is Cc1ccc(C(=O)c2ccc3c(c2)C=C(C(=O)O)C(C(F)(F)F)O3)cc1. The van der Waals surface area contributed by atoms with Crippen molar-refractivity contribution in [1.29, 1.82) is 0 Å². The molecule has 1 unspecified atom stereocenters. The Morgan fingerprint density at radius 3 is 2.23 bits per heavy atom. The van der Waals surface area contributed by atoms with E-state index in [4.69, 9.17) is 9.84 Å². The second-order valence-corrected chi connectivity index (χ2v) is 5.89. The standard InChI is InChI=1S/C19H13F3O4/c1-10-2-4-11(5-3-10)16(23)12-6-7-15-13(8-12)9-14(18(24)25)17(26-15)19(20,21)22/h2-9,17H,1H3,(H,24,25). The zero-order chi connectivity index (χ0) is 19.1. The van der Waals surface area contributed by atoms with Crippen LogP contribution in [0.15, 0.2) is 48.0 Å². The summed E-state index contributed by atoms with van der Waals surface area (Å²) in [6.07, 6.45) is -6.52. The number of ketones is 1. The highest BCUT2D eigenvalue weighted by molar-refractivity contribution is 6.09. The first-order chi connectivity index (χ1) is 12.2. The molecule has 0 fully saturated rings. The van der Waals surface area contributed by atoms with Crippen LogP contribution in [-0.2, 0) is 4.79 Å². The summed E-state index contributed by atoms with van der Waals surface area (Å²) in [6, 6.07) is 10.7. The fourth-order valence-electron chi connectivity index (χ4n) is 2.63. The van der Waals surface area contributed by atoms with Gasteiger partial charge in [0.05, 0.1) is 5.57 Å². The molecule has 134 valence electrons. The van der Waals surface area contributed by atoms with Crippen LogP contribution < -0.4 is 4.74 Å². The van der Waals surface area contributed by atoms with Crippen LogP contribution >= 0.6 is 0 Å². The third-order valence-corrected chi connectivity index (χ3v) is 3.97. The number of carbonyl (C=O) groups excluding carboxylic acids is 1. The van der Waals surface area contributed by atoms with Crippen LogP contribution in [0.1, 0.15) is 27.0 Å². The number of hydrogen-bond acceptors (Lipinski definition) is 3. The number of hydrogen-bond donors (Lipinski definition) is 1. The molecule has 1 N–H and O–H groups in total. The molecule has 26 heavy (non-hydrogen) atoms. The summed E-state index contributed by atoms with van der Waals surface area (Å²) in [4.78, 5) is 23.7. The predicted octanol–water partition coefficient (Wildman–Crippen LogP) is 4.02. The van der Waals surface area contributed by atoms with E-state index in [9.17, 15) is 22.8 Å². The number of fused-ring (bicyclic) bond motifs is 1. The number of alkyl halides is 3. The van der Waals surface area contributed by atoms with E-state index in [1.54, 1.807) is 24.3 Å². The minimum atomic E-state index is -4.86. The summed E-state index contributed by atoms with van der Waals surface area (Å²) in [6.45, 7) is 1.87. The molecule has 2 aromatic carbocycles. The van der Waals surface area contributed by atoms with E-state index < -0.39 is 23.8 Å². The molecule has 0 saturated heterocycles. The third-order valence-electron chi connectivity index (χ3n) is 3.97. The fourth-order valence-corrected chi connectivity index (χ4v) is 2.63. The van der Waals surface area contributed by atoms with Crippen LogP contribution in [0.5, 0.6) is 5.75 Å². The summed E-state index contributed by atoms with van der Waals surface area (Å²) in [5.41, 5.74) is 0.809. The van der Waals surface area contributed by atoms with E-state index in [0.717, 1.165) is 11.6 Å². The van der Waals surface area contributed by atoms with Crippen molar-refractivity contribution in [3.8, 4) is 5.75 Å². The van der Waals surface area contributed by atoms with Crippen LogP contribution in [0.4, 0.5) is 13.2 Å². The Labute approximate surface area is 146 Å². The van der Waals surface area contributed by atoms with Gasteiger partial charge in [0.1, 0.15) is 5.75 Å². The number of benzene rings is 2. The highest BCUT2D eigenvalue weighted by Gasteiger charge is 2.48. The summed E-state index contributed by atoms with van der Waals surface area (Å²) in [5, 5.41) is 9.06. The Kier molecular flexibility index (Phi) is 4.31. The minimum absolute atomic E-state index is 0.112. The molecule has 0 aliphatic carbocycles. The summed E-state index contributed by atoms with van der Waals surface area (Å²) >= 11 is 0. The van der Waals surface area contributed by atoms with Crippen LogP contribution in [-0.4, -0.2) is 29.1 Å². The van der Waals surface area contributed by atoms with Gasteiger partial charge in [-0.3, -0.25) is 4.79 Å². The number of carbonyl (C=O) groups is 2. The van der Waals surface area contributed by atoms with Gasteiger partial charge in [-0.1, -0.05) is 29.8 Å². The number of carboxylic acid groups (broad SMARTS) is 1. The van der Waals surface area contributed by atoms with Gasteiger partial charge in [-0.2, -0.15) is 13.2 Å². The van der Waals surface area contributed by atoms with Gasteiger partial charge >= 0.3 is 12.1 Å². The third kappa shape index (κ3) is 3.33. The molecule has 3 rings (SSSR count). The second kappa shape index (κ2) is 6.33. The number of aryl methyl sites for hydroxylation is 1. The van der Waals surface area contributed by atoms with E-state index in [2.05, 4.69) is 0 Å². The Balaban J connectivity index is 2.01. The Hall–Kier alpha value is -3.09. The van der Waals surface area contributed by atoms with Gasteiger partial charge in [-0.25, -0.2) is 4.79 Å². The Bertz CT molecular complexity index is 911. The van der Waals surface area contributed by atoms with Gasteiger partial charge in [0.25, 0.3) is 0 Å². The molecule has 1 aliphatic rings. The maximum atomic E-state index is 13.0. The van der Waals surface area contributed by atoms with Crippen molar-refractivity contribution in [2.75, 3.05) is 0 Å².